The van der Waals surface area contributed by atoms with Crippen LogP contribution in [0.15, 0.2) is 127 Å². The van der Waals surface area contributed by atoms with Crippen LogP contribution in [0.5, 0.6) is 11.5 Å². The van der Waals surface area contributed by atoms with Crippen molar-refractivity contribution in [1.29, 1.82) is 0 Å². The van der Waals surface area contributed by atoms with Gasteiger partial charge in [-0.05, 0) is 111 Å². The molecule has 0 aromatic heterocycles. The van der Waals surface area contributed by atoms with Gasteiger partial charge in [-0.15, -0.1) is 0 Å². The summed E-state index contributed by atoms with van der Waals surface area (Å²) in [5.41, 5.74) is 12.0. The van der Waals surface area contributed by atoms with Crippen LogP contribution in [0.2, 0.25) is 0 Å². The molecule has 8 rings (SSSR count). The smallest absolute Gasteiger partial charge is 0.134 e. The van der Waals surface area contributed by atoms with Gasteiger partial charge in [0.15, 0.2) is 0 Å². The van der Waals surface area contributed by atoms with Gasteiger partial charge < -0.3 is 9.47 Å². The van der Waals surface area contributed by atoms with Gasteiger partial charge in [-0.2, -0.15) is 0 Å². The second kappa shape index (κ2) is 14.3. The molecule has 0 bridgehead atoms. The lowest BCUT2D eigenvalue weighted by Gasteiger charge is -2.43. The molecule has 1 fully saturated rings. The number of Topliss-reactive ketones (excluding diaryl/α,β-unsaturated/α-hetero) is 1. The molecule has 2 atom stereocenters. The van der Waals surface area contributed by atoms with Crippen molar-refractivity contribution in [2.24, 2.45) is 0 Å². The normalized spacial score (nSPS) is 17.3. The average Bonchev–Trinajstić information content (AvgIpc) is 3.16. The predicted molar refractivity (Wildman–Crippen MR) is 224 cm³/mol. The Morgan fingerprint density at radius 3 is 1.30 bits per heavy atom. The minimum Gasteiger partial charge on any atom is -0.496 e. The lowest BCUT2D eigenvalue weighted by Crippen LogP contribution is -2.27. The van der Waals surface area contributed by atoms with Crippen molar-refractivity contribution in [2.45, 2.75) is 51.9 Å². The van der Waals surface area contributed by atoms with Crippen LogP contribution in [0, 0.1) is 27.7 Å². The highest BCUT2D eigenvalue weighted by atomic mass is 31.1. The largest absolute Gasteiger partial charge is 0.496 e. The molecular weight excluding hydrogens is 668 g/mol. The van der Waals surface area contributed by atoms with Gasteiger partial charge in [-0.25, -0.2) is 0 Å². The van der Waals surface area contributed by atoms with Gasteiger partial charge >= 0.3 is 0 Å². The summed E-state index contributed by atoms with van der Waals surface area (Å²) in [7, 11) is 2.44. The van der Waals surface area contributed by atoms with Crippen LogP contribution in [0.3, 0.4) is 0 Å². The van der Waals surface area contributed by atoms with Crippen LogP contribution >= 0.6 is 7.92 Å². The molecule has 7 aromatic carbocycles. The zero-order chi connectivity index (χ0) is 36.8. The van der Waals surface area contributed by atoms with Crippen LogP contribution in [0.4, 0.5) is 0 Å². The second-order valence-electron chi connectivity index (χ2n) is 14.4. The number of carbonyl (C=O) groups excluding carboxylic acids is 1. The number of hydrogen-bond acceptors (Lipinski definition) is 3. The Kier molecular flexibility index (Phi) is 9.39. The van der Waals surface area contributed by atoms with Gasteiger partial charge in [0.05, 0.1) is 14.2 Å². The number of aryl methyl sites for hydroxylation is 4. The van der Waals surface area contributed by atoms with E-state index in [9.17, 15) is 4.79 Å². The van der Waals surface area contributed by atoms with E-state index in [-0.39, 0.29) is 11.3 Å². The topological polar surface area (TPSA) is 35.5 Å². The van der Waals surface area contributed by atoms with Crippen LogP contribution in [0.25, 0.3) is 43.8 Å². The van der Waals surface area contributed by atoms with Gasteiger partial charge in [0, 0.05) is 35.3 Å². The number of benzene rings is 7. The Labute approximate surface area is 314 Å². The number of carbonyl (C=O) groups is 1. The molecule has 1 heterocycles. The van der Waals surface area contributed by atoms with Gasteiger partial charge in [0.25, 0.3) is 0 Å². The number of fused-ring (bicyclic) bond motifs is 2. The van der Waals surface area contributed by atoms with Crippen molar-refractivity contribution in [3.8, 4) is 33.8 Å². The summed E-state index contributed by atoms with van der Waals surface area (Å²) < 4.78 is 12.5. The molecule has 1 aliphatic rings. The lowest BCUT2D eigenvalue weighted by atomic mass is 9.91. The first-order chi connectivity index (χ1) is 25.8. The summed E-state index contributed by atoms with van der Waals surface area (Å²) in [6.07, 6.45) is 1.01. The number of ether oxygens (including phenoxy) is 2. The summed E-state index contributed by atoms with van der Waals surface area (Å²) in [6, 6.07) is 45.7. The number of hydrogen-bond donors (Lipinski definition) is 0. The molecule has 1 aliphatic heterocycles. The van der Waals surface area contributed by atoms with E-state index >= 15 is 0 Å². The van der Waals surface area contributed by atoms with Crippen molar-refractivity contribution >= 4 is 40.6 Å². The van der Waals surface area contributed by atoms with Crippen molar-refractivity contribution in [3.05, 3.63) is 161 Å². The van der Waals surface area contributed by atoms with Crippen molar-refractivity contribution in [1.82, 2.24) is 0 Å². The van der Waals surface area contributed by atoms with Gasteiger partial charge in [0.2, 0.25) is 0 Å². The van der Waals surface area contributed by atoms with E-state index in [1.54, 1.807) is 14.2 Å². The van der Waals surface area contributed by atoms with Crippen LogP contribution in [0.1, 0.15) is 57.5 Å². The highest BCUT2D eigenvalue weighted by Crippen LogP contribution is 2.69. The average molecular weight is 713 g/mol. The molecule has 0 spiro atoms. The van der Waals surface area contributed by atoms with E-state index in [1.807, 2.05) is 0 Å². The summed E-state index contributed by atoms with van der Waals surface area (Å²) in [5, 5.41) is 5.90. The molecule has 0 saturated carbocycles. The van der Waals surface area contributed by atoms with E-state index in [0.29, 0.717) is 18.6 Å². The Morgan fingerprint density at radius 1 is 0.491 bits per heavy atom. The standard InChI is InChI=1S/C49H45O3P/c1-30-14-11-15-31(2)45(30)43-28-36(50)29-44(46-32(3)16-12-17-33(46)4)53(43)49-39(47-37-20-9-7-18-34(37)24-26-41(47)51-5)22-13-23-40(49)48-38-21-10-8-19-35(38)25-27-42(48)52-6/h7-27,43-44H,28-29H2,1-6H3. The molecule has 264 valence electrons. The zero-order valence-electron chi connectivity index (χ0n) is 31.4. The van der Waals surface area contributed by atoms with E-state index in [1.165, 1.54) is 38.7 Å². The molecule has 1 saturated heterocycles. The van der Waals surface area contributed by atoms with Gasteiger partial charge in [-0.3, -0.25) is 4.79 Å². The Morgan fingerprint density at radius 2 is 0.887 bits per heavy atom. The monoisotopic (exact) mass is 712 g/mol. The zero-order valence-corrected chi connectivity index (χ0v) is 32.3. The minimum absolute atomic E-state index is 0.00158. The van der Waals surface area contributed by atoms with Crippen LogP contribution < -0.4 is 14.8 Å². The highest BCUT2D eigenvalue weighted by molar-refractivity contribution is 7.67. The fraction of sp³-hybridized carbons (Fsp3) is 0.204. The van der Waals surface area contributed by atoms with Crippen molar-refractivity contribution < 1.29 is 14.3 Å². The first-order valence-corrected chi connectivity index (χ1v) is 20.0. The van der Waals surface area contributed by atoms with Crippen LogP contribution in [-0.4, -0.2) is 20.0 Å². The van der Waals surface area contributed by atoms with Gasteiger partial charge in [0.1, 0.15) is 17.3 Å². The van der Waals surface area contributed by atoms with Gasteiger partial charge in [-0.1, -0.05) is 123 Å². The fourth-order valence-electron chi connectivity index (χ4n) is 9.05. The third-order valence-electron chi connectivity index (χ3n) is 11.3. The van der Waals surface area contributed by atoms with Crippen molar-refractivity contribution in [3.63, 3.8) is 0 Å². The maximum atomic E-state index is 14.3. The van der Waals surface area contributed by atoms with Crippen LogP contribution in [-0.2, 0) is 4.79 Å². The SMILES string of the molecule is COc1ccc2ccccc2c1-c1cccc(-c2c(OC)ccc3ccccc23)c1P1C(c2c(C)cccc2C)CC(=O)CC1c1c(C)cccc1C. The molecule has 0 aliphatic carbocycles. The van der Waals surface area contributed by atoms with E-state index in [2.05, 4.69) is 155 Å². The summed E-state index contributed by atoms with van der Waals surface area (Å²) in [4.78, 5) is 14.3. The highest BCUT2D eigenvalue weighted by Gasteiger charge is 2.44. The number of methoxy groups -OCH3 is 2. The van der Waals surface area contributed by atoms with E-state index in [4.69, 9.17) is 9.47 Å². The molecule has 53 heavy (non-hydrogen) atoms. The van der Waals surface area contributed by atoms with E-state index < -0.39 is 7.92 Å². The lowest BCUT2D eigenvalue weighted by molar-refractivity contribution is -0.119. The molecule has 2 unspecified atom stereocenters. The predicted octanol–water partition coefficient (Wildman–Crippen LogP) is 12.5. The fourth-order valence-corrected chi connectivity index (χ4v) is 13.2. The quantitative estimate of drug-likeness (QED) is 0.154. The molecular formula is C49H45O3P. The molecule has 3 nitrogen and oxygen atoms in total. The van der Waals surface area contributed by atoms with Crippen molar-refractivity contribution in [2.75, 3.05) is 14.2 Å². The summed E-state index contributed by atoms with van der Waals surface area (Å²) >= 11 is 0. The maximum absolute atomic E-state index is 14.3. The Hall–Kier alpha value is -5.24. The Balaban J connectivity index is 1.58. The first kappa shape index (κ1) is 34.8. The second-order valence-corrected chi connectivity index (χ2v) is 16.9. The first-order valence-electron chi connectivity index (χ1n) is 18.5. The molecule has 4 heteroatoms. The molecule has 7 aromatic rings. The maximum Gasteiger partial charge on any atom is 0.134 e. The summed E-state index contributed by atoms with van der Waals surface area (Å²) in [6.45, 7) is 8.88. The molecule has 0 amide bonds. The third kappa shape index (κ3) is 6.02. The minimum atomic E-state index is -1.10. The Bertz CT molecular complexity index is 2320. The molecule has 0 N–H and O–H groups in total. The van der Waals surface area contributed by atoms with E-state index in [0.717, 1.165) is 55.3 Å². The number of rotatable bonds is 7. The third-order valence-corrected chi connectivity index (χ3v) is 14.5. The molecule has 0 radical (unpaired) electrons. The summed E-state index contributed by atoms with van der Waals surface area (Å²) in [5.74, 6) is 2.00. The number of ketones is 1.